The first-order valence-electron chi connectivity index (χ1n) is 7.94. The molecule has 0 aliphatic carbocycles. The molecule has 11 heteroatoms. The fourth-order valence-corrected chi connectivity index (χ4v) is 2.75. The number of rotatable bonds is 4. The van der Waals surface area contributed by atoms with Gasteiger partial charge in [-0.1, -0.05) is 42.3 Å². The topological polar surface area (TPSA) is 132 Å². The summed E-state index contributed by atoms with van der Waals surface area (Å²) in [4.78, 5) is 25.1. The number of nitrogens with one attached hydrogen (secondary N) is 1. The summed E-state index contributed by atoms with van der Waals surface area (Å²) in [6.07, 6.45) is 0.713. The molecule has 27 heavy (non-hydrogen) atoms. The lowest BCUT2D eigenvalue weighted by Gasteiger charge is -2.19. The number of guanidine groups is 1. The molecule has 9 nitrogen and oxygen atoms in total. The average Bonchev–Trinajstić information content (AvgIpc) is 2.64. The lowest BCUT2D eigenvalue weighted by Crippen LogP contribution is -2.49. The van der Waals surface area contributed by atoms with Gasteiger partial charge in [-0.05, 0) is 24.1 Å². The second-order valence-corrected chi connectivity index (χ2v) is 6.39. The summed E-state index contributed by atoms with van der Waals surface area (Å²) >= 11 is 12.2. The first-order chi connectivity index (χ1) is 12.8. The SMILES string of the molecule is CCCN(N)/C(=N\N)NC(=O)c1nn(C)c(=O)c(-c2ccc(Cl)cc2)c1Cl. The van der Waals surface area contributed by atoms with Crippen LogP contribution in [0.25, 0.3) is 11.1 Å². The van der Waals surface area contributed by atoms with Crippen LogP contribution in [-0.2, 0) is 7.05 Å². The number of carbonyl (C=O) groups is 1. The summed E-state index contributed by atoms with van der Waals surface area (Å²) in [5.74, 6) is 10.3. The van der Waals surface area contributed by atoms with Gasteiger partial charge in [0.1, 0.15) is 0 Å². The van der Waals surface area contributed by atoms with Crippen molar-refractivity contribution in [3.63, 3.8) is 0 Å². The lowest BCUT2D eigenvalue weighted by atomic mass is 10.1. The third kappa shape index (κ3) is 4.57. The van der Waals surface area contributed by atoms with Crippen LogP contribution in [0, 0.1) is 0 Å². The smallest absolute Gasteiger partial charge is 0.280 e. The molecule has 1 amide bonds. The van der Waals surface area contributed by atoms with E-state index in [1.807, 2.05) is 6.92 Å². The van der Waals surface area contributed by atoms with Crippen LogP contribution in [-0.4, -0.2) is 33.2 Å². The van der Waals surface area contributed by atoms with Gasteiger partial charge in [0.2, 0.25) is 5.96 Å². The van der Waals surface area contributed by atoms with Crippen molar-refractivity contribution < 1.29 is 4.79 Å². The van der Waals surface area contributed by atoms with Crippen molar-refractivity contribution in [1.82, 2.24) is 20.1 Å². The molecule has 1 aromatic carbocycles. The first kappa shape index (κ1) is 20.7. The van der Waals surface area contributed by atoms with Crippen molar-refractivity contribution in [2.45, 2.75) is 13.3 Å². The number of benzene rings is 1. The maximum Gasteiger partial charge on any atom is 0.280 e. The molecule has 1 aromatic heterocycles. The highest BCUT2D eigenvalue weighted by molar-refractivity contribution is 6.36. The lowest BCUT2D eigenvalue weighted by molar-refractivity contribution is 0.0964. The Kier molecular flexibility index (Phi) is 6.78. The molecular formula is C16H19Cl2N7O2. The van der Waals surface area contributed by atoms with Crippen molar-refractivity contribution in [3.8, 4) is 11.1 Å². The molecule has 0 unspecified atom stereocenters. The highest BCUT2D eigenvalue weighted by Gasteiger charge is 2.23. The molecule has 0 saturated heterocycles. The quantitative estimate of drug-likeness (QED) is 0.300. The van der Waals surface area contributed by atoms with Gasteiger partial charge in [0, 0.05) is 18.6 Å². The first-order valence-corrected chi connectivity index (χ1v) is 8.69. The highest BCUT2D eigenvalue weighted by Crippen LogP contribution is 2.27. The molecule has 2 aromatic rings. The summed E-state index contributed by atoms with van der Waals surface area (Å²) in [7, 11) is 1.42. The van der Waals surface area contributed by atoms with Crippen molar-refractivity contribution in [1.29, 1.82) is 0 Å². The van der Waals surface area contributed by atoms with E-state index in [0.29, 0.717) is 23.6 Å². The number of hydrazone groups is 1. The summed E-state index contributed by atoms with van der Waals surface area (Å²) in [6.45, 7) is 2.32. The van der Waals surface area contributed by atoms with Crippen LogP contribution in [0.5, 0.6) is 0 Å². The number of hydrazine groups is 1. The van der Waals surface area contributed by atoms with E-state index in [1.165, 1.54) is 12.1 Å². The number of hydrogen-bond acceptors (Lipinski definition) is 6. The number of aromatic nitrogens is 2. The van der Waals surface area contributed by atoms with Gasteiger partial charge in [-0.2, -0.15) is 5.10 Å². The van der Waals surface area contributed by atoms with Crippen molar-refractivity contribution in [3.05, 3.63) is 50.4 Å². The standard InChI is InChI=1S/C16H19Cl2N7O2/c1-3-8-25(20)16(22-19)21-14(26)13-12(18)11(15(27)24(2)23-13)9-4-6-10(17)7-5-9/h4-7H,3,8,19-20H2,1-2H3,(H,21,22,26). The minimum Gasteiger partial charge on any atom is -0.320 e. The fraction of sp³-hybridized carbons (Fsp3) is 0.250. The maximum absolute atomic E-state index is 12.6. The number of halogens is 2. The van der Waals surface area contributed by atoms with Gasteiger partial charge in [-0.15, -0.1) is 5.10 Å². The van der Waals surface area contributed by atoms with Crippen LogP contribution in [0.3, 0.4) is 0 Å². The zero-order valence-electron chi connectivity index (χ0n) is 14.7. The second-order valence-electron chi connectivity index (χ2n) is 5.57. The normalized spacial score (nSPS) is 11.4. The molecule has 0 aliphatic rings. The molecular weight excluding hydrogens is 393 g/mol. The van der Waals surface area contributed by atoms with Crippen LogP contribution >= 0.6 is 23.2 Å². The molecule has 0 spiro atoms. The summed E-state index contributed by atoms with van der Waals surface area (Å²) in [5.41, 5.74) is -0.00577. The van der Waals surface area contributed by atoms with Crippen LogP contribution in [0.1, 0.15) is 23.8 Å². The monoisotopic (exact) mass is 411 g/mol. The fourth-order valence-electron chi connectivity index (χ4n) is 2.31. The molecule has 0 atom stereocenters. The van der Waals surface area contributed by atoms with Crippen LogP contribution in [0.2, 0.25) is 10.0 Å². The number of carbonyl (C=O) groups excluding carboxylic acids is 1. The molecule has 0 fully saturated rings. The van der Waals surface area contributed by atoms with Gasteiger partial charge in [0.25, 0.3) is 11.5 Å². The Bertz CT molecular complexity index is 926. The van der Waals surface area contributed by atoms with E-state index in [1.54, 1.807) is 24.3 Å². The van der Waals surface area contributed by atoms with Crippen molar-refractivity contribution in [2.24, 2.45) is 23.8 Å². The minimum atomic E-state index is -0.707. The number of hydrogen-bond donors (Lipinski definition) is 3. The Morgan fingerprint density at radius 2 is 1.96 bits per heavy atom. The Morgan fingerprint density at radius 3 is 2.52 bits per heavy atom. The highest BCUT2D eigenvalue weighted by atomic mass is 35.5. The van der Waals surface area contributed by atoms with E-state index in [-0.39, 0.29) is 22.2 Å². The Balaban J connectivity index is 2.47. The molecule has 2 rings (SSSR count). The van der Waals surface area contributed by atoms with E-state index >= 15 is 0 Å². The number of nitrogens with two attached hydrogens (primary N) is 2. The van der Waals surface area contributed by atoms with E-state index < -0.39 is 11.5 Å². The third-order valence-corrected chi connectivity index (χ3v) is 4.24. The Morgan fingerprint density at radius 1 is 1.33 bits per heavy atom. The summed E-state index contributed by atoms with van der Waals surface area (Å²) in [6, 6.07) is 6.48. The zero-order valence-corrected chi connectivity index (χ0v) is 16.3. The maximum atomic E-state index is 12.6. The predicted molar refractivity (Wildman–Crippen MR) is 105 cm³/mol. The number of amides is 1. The molecule has 0 saturated carbocycles. The van der Waals surface area contributed by atoms with E-state index in [9.17, 15) is 9.59 Å². The van der Waals surface area contributed by atoms with Gasteiger partial charge in [0.05, 0.1) is 10.6 Å². The molecule has 5 N–H and O–H groups in total. The minimum absolute atomic E-state index is 0.0541. The van der Waals surface area contributed by atoms with Crippen LogP contribution < -0.4 is 22.6 Å². The van der Waals surface area contributed by atoms with E-state index in [0.717, 1.165) is 4.68 Å². The van der Waals surface area contributed by atoms with Gasteiger partial charge >= 0.3 is 0 Å². The molecule has 1 heterocycles. The van der Waals surface area contributed by atoms with Crippen LogP contribution in [0.4, 0.5) is 0 Å². The van der Waals surface area contributed by atoms with E-state index in [4.69, 9.17) is 34.9 Å². The van der Waals surface area contributed by atoms with Gasteiger partial charge in [-0.25, -0.2) is 10.5 Å². The van der Waals surface area contributed by atoms with Gasteiger partial charge in [0.15, 0.2) is 5.69 Å². The van der Waals surface area contributed by atoms with Crippen LogP contribution in [0.15, 0.2) is 34.2 Å². The average molecular weight is 412 g/mol. The zero-order chi connectivity index (χ0) is 20.1. The van der Waals surface area contributed by atoms with Crippen molar-refractivity contribution in [2.75, 3.05) is 6.54 Å². The molecule has 0 radical (unpaired) electrons. The molecule has 144 valence electrons. The second kappa shape index (κ2) is 8.85. The van der Waals surface area contributed by atoms with Crippen molar-refractivity contribution >= 4 is 35.1 Å². The molecule has 0 aliphatic heterocycles. The summed E-state index contributed by atoms with van der Waals surface area (Å²) in [5, 5.41) is 11.4. The van der Waals surface area contributed by atoms with E-state index in [2.05, 4.69) is 15.5 Å². The Hall–Kier alpha value is -2.62. The number of nitrogens with zero attached hydrogens (tertiary/aromatic N) is 4. The van der Waals surface area contributed by atoms with Gasteiger partial charge in [-0.3, -0.25) is 19.9 Å². The third-order valence-electron chi connectivity index (χ3n) is 3.62. The number of aryl methyl sites for hydroxylation is 1. The largest absolute Gasteiger partial charge is 0.320 e. The van der Waals surface area contributed by atoms with Gasteiger partial charge < -0.3 is 5.84 Å². The summed E-state index contributed by atoms with van der Waals surface area (Å²) < 4.78 is 1.02. The molecule has 0 bridgehead atoms. The Labute approximate surface area is 165 Å². The predicted octanol–water partition coefficient (Wildman–Crippen LogP) is 1.30.